The maximum absolute atomic E-state index is 12.7. The van der Waals surface area contributed by atoms with Crippen molar-refractivity contribution in [1.29, 1.82) is 0 Å². The predicted molar refractivity (Wildman–Crippen MR) is 131 cm³/mol. The van der Waals surface area contributed by atoms with Crippen LogP contribution in [0.5, 0.6) is 0 Å². The number of hydrogen-bond donors (Lipinski definition) is 1. The zero-order valence-electron chi connectivity index (χ0n) is 18.8. The molecule has 0 saturated heterocycles. The van der Waals surface area contributed by atoms with Crippen LogP contribution >= 0.6 is 11.6 Å². The second kappa shape index (κ2) is 10.3. The number of amides is 2. The van der Waals surface area contributed by atoms with E-state index in [0.29, 0.717) is 22.8 Å². The average molecular weight is 450 g/mol. The Balaban J connectivity index is 1.90. The molecule has 2 amide bonds. The zero-order chi connectivity index (χ0) is 23.3. The Bertz CT molecular complexity index is 1100. The molecular formula is C26H28ClN3O2. The van der Waals surface area contributed by atoms with Crippen molar-refractivity contribution >= 4 is 34.8 Å². The minimum Gasteiger partial charge on any atom is -0.377 e. The number of benzene rings is 3. The number of hydrogen-bond acceptors (Lipinski definition) is 3. The fourth-order valence-corrected chi connectivity index (χ4v) is 3.91. The third-order valence-corrected chi connectivity index (χ3v) is 5.76. The standard InChI is InChI=1S/C26H28ClN3O2/c1-18(20-10-6-5-7-11-20)30(19(2)31)17-21-16-22(14-15-25(21)29(3)4)28-26(32)23-12-8-9-13-24(23)27/h5-16,18H,17H2,1-4H3,(H,28,32)/t18-/m0/s1. The Morgan fingerprint density at radius 1 is 0.969 bits per heavy atom. The third-order valence-electron chi connectivity index (χ3n) is 5.43. The highest BCUT2D eigenvalue weighted by Crippen LogP contribution is 2.29. The van der Waals surface area contributed by atoms with E-state index < -0.39 is 0 Å². The molecule has 0 spiro atoms. The van der Waals surface area contributed by atoms with E-state index in [1.807, 2.05) is 79.3 Å². The van der Waals surface area contributed by atoms with E-state index in [1.165, 1.54) is 0 Å². The summed E-state index contributed by atoms with van der Waals surface area (Å²) in [5.41, 5.74) is 4.04. The highest BCUT2D eigenvalue weighted by atomic mass is 35.5. The van der Waals surface area contributed by atoms with Gasteiger partial charge in [-0.25, -0.2) is 0 Å². The van der Waals surface area contributed by atoms with Gasteiger partial charge in [-0.2, -0.15) is 0 Å². The van der Waals surface area contributed by atoms with Gasteiger partial charge in [0.05, 0.1) is 16.6 Å². The maximum atomic E-state index is 12.7. The molecule has 0 radical (unpaired) electrons. The summed E-state index contributed by atoms with van der Waals surface area (Å²) in [4.78, 5) is 29.1. The van der Waals surface area contributed by atoms with Gasteiger partial charge in [-0.3, -0.25) is 9.59 Å². The van der Waals surface area contributed by atoms with Crippen molar-refractivity contribution < 1.29 is 9.59 Å². The van der Waals surface area contributed by atoms with Crippen LogP contribution in [0.15, 0.2) is 72.8 Å². The monoisotopic (exact) mass is 449 g/mol. The number of carbonyl (C=O) groups is 2. The smallest absolute Gasteiger partial charge is 0.257 e. The van der Waals surface area contributed by atoms with Crippen molar-refractivity contribution in [3.63, 3.8) is 0 Å². The highest BCUT2D eigenvalue weighted by molar-refractivity contribution is 6.34. The molecule has 0 fully saturated rings. The summed E-state index contributed by atoms with van der Waals surface area (Å²) in [6.45, 7) is 4.02. The van der Waals surface area contributed by atoms with Crippen LogP contribution in [0.25, 0.3) is 0 Å². The molecule has 5 nitrogen and oxygen atoms in total. The van der Waals surface area contributed by atoms with E-state index in [-0.39, 0.29) is 17.9 Å². The summed E-state index contributed by atoms with van der Waals surface area (Å²) < 4.78 is 0. The minimum absolute atomic E-state index is 0.0171. The molecule has 0 aliphatic carbocycles. The summed E-state index contributed by atoms with van der Waals surface area (Å²) in [5.74, 6) is -0.295. The van der Waals surface area contributed by atoms with E-state index in [9.17, 15) is 9.59 Å². The predicted octanol–water partition coefficient (Wildman–Crippen LogP) is 5.77. The lowest BCUT2D eigenvalue weighted by molar-refractivity contribution is -0.131. The molecule has 0 unspecified atom stereocenters. The lowest BCUT2D eigenvalue weighted by Crippen LogP contribution is -2.31. The molecule has 32 heavy (non-hydrogen) atoms. The van der Waals surface area contributed by atoms with E-state index in [4.69, 9.17) is 11.6 Å². The van der Waals surface area contributed by atoms with Gasteiger partial charge in [-0.05, 0) is 48.4 Å². The summed E-state index contributed by atoms with van der Waals surface area (Å²) in [6, 6.07) is 22.5. The molecule has 0 aliphatic heterocycles. The Morgan fingerprint density at radius 2 is 1.62 bits per heavy atom. The second-order valence-electron chi connectivity index (χ2n) is 7.91. The quantitative estimate of drug-likeness (QED) is 0.498. The first-order valence-electron chi connectivity index (χ1n) is 10.5. The Morgan fingerprint density at radius 3 is 2.25 bits per heavy atom. The summed E-state index contributed by atoms with van der Waals surface area (Å²) in [6.07, 6.45) is 0. The van der Waals surface area contributed by atoms with Gasteiger partial charge in [-0.1, -0.05) is 54.1 Å². The fourth-order valence-electron chi connectivity index (χ4n) is 3.69. The molecule has 6 heteroatoms. The average Bonchev–Trinajstić information content (AvgIpc) is 2.77. The van der Waals surface area contributed by atoms with Crippen molar-refractivity contribution in [2.75, 3.05) is 24.3 Å². The molecule has 0 aliphatic rings. The number of carbonyl (C=O) groups excluding carboxylic acids is 2. The van der Waals surface area contributed by atoms with Crippen LogP contribution in [-0.4, -0.2) is 30.8 Å². The SMILES string of the molecule is CC(=O)N(Cc1cc(NC(=O)c2ccccc2Cl)ccc1N(C)C)[C@@H](C)c1ccccc1. The lowest BCUT2D eigenvalue weighted by Gasteiger charge is -2.30. The van der Waals surface area contributed by atoms with Crippen LogP contribution in [0.2, 0.25) is 5.02 Å². The van der Waals surface area contributed by atoms with E-state index in [0.717, 1.165) is 16.8 Å². The third kappa shape index (κ3) is 5.48. The Kier molecular flexibility index (Phi) is 7.54. The van der Waals surface area contributed by atoms with Crippen molar-refractivity contribution in [3.8, 4) is 0 Å². The van der Waals surface area contributed by atoms with Crippen LogP contribution in [0.1, 0.15) is 41.4 Å². The molecule has 0 bridgehead atoms. The molecule has 0 heterocycles. The lowest BCUT2D eigenvalue weighted by atomic mass is 10.0. The first-order valence-corrected chi connectivity index (χ1v) is 10.8. The fraction of sp³-hybridized carbons (Fsp3) is 0.231. The molecule has 0 saturated carbocycles. The van der Waals surface area contributed by atoms with Gasteiger partial charge >= 0.3 is 0 Å². The van der Waals surface area contributed by atoms with Gasteiger partial charge in [0.25, 0.3) is 5.91 Å². The molecule has 166 valence electrons. The normalized spacial score (nSPS) is 11.5. The molecule has 3 aromatic carbocycles. The molecule has 1 N–H and O–H groups in total. The molecule has 3 aromatic rings. The molecule has 0 aromatic heterocycles. The van der Waals surface area contributed by atoms with Crippen LogP contribution in [0.4, 0.5) is 11.4 Å². The number of rotatable bonds is 7. The number of anilines is 2. The van der Waals surface area contributed by atoms with Gasteiger partial charge in [0, 0.05) is 38.9 Å². The van der Waals surface area contributed by atoms with Crippen molar-refractivity contribution in [2.24, 2.45) is 0 Å². The van der Waals surface area contributed by atoms with Crippen LogP contribution in [0.3, 0.4) is 0 Å². The summed E-state index contributed by atoms with van der Waals surface area (Å²) in [5, 5.41) is 3.32. The van der Waals surface area contributed by atoms with E-state index in [1.54, 1.807) is 31.2 Å². The van der Waals surface area contributed by atoms with Crippen molar-refractivity contribution in [3.05, 3.63) is 94.5 Å². The first kappa shape index (κ1) is 23.4. The van der Waals surface area contributed by atoms with Crippen LogP contribution in [0, 0.1) is 0 Å². The summed E-state index contributed by atoms with van der Waals surface area (Å²) in [7, 11) is 3.92. The Hall–Kier alpha value is -3.31. The second-order valence-corrected chi connectivity index (χ2v) is 8.31. The Labute approximate surface area is 194 Å². The van der Waals surface area contributed by atoms with Crippen molar-refractivity contribution in [2.45, 2.75) is 26.4 Å². The number of halogens is 1. The minimum atomic E-state index is -0.278. The van der Waals surface area contributed by atoms with Crippen LogP contribution < -0.4 is 10.2 Å². The van der Waals surface area contributed by atoms with Crippen LogP contribution in [-0.2, 0) is 11.3 Å². The van der Waals surface area contributed by atoms with E-state index in [2.05, 4.69) is 5.32 Å². The number of nitrogens with zero attached hydrogens (tertiary/aromatic N) is 2. The number of nitrogens with one attached hydrogen (secondary N) is 1. The zero-order valence-corrected chi connectivity index (χ0v) is 19.6. The molecular weight excluding hydrogens is 422 g/mol. The van der Waals surface area contributed by atoms with E-state index >= 15 is 0 Å². The molecule has 1 atom stereocenters. The topological polar surface area (TPSA) is 52.7 Å². The molecule has 3 rings (SSSR count). The van der Waals surface area contributed by atoms with Gasteiger partial charge in [0.1, 0.15) is 0 Å². The van der Waals surface area contributed by atoms with Gasteiger partial charge in [0.2, 0.25) is 5.91 Å². The first-order chi connectivity index (χ1) is 15.3. The van der Waals surface area contributed by atoms with Gasteiger partial charge in [0.15, 0.2) is 0 Å². The highest BCUT2D eigenvalue weighted by Gasteiger charge is 2.21. The van der Waals surface area contributed by atoms with Gasteiger partial charge < -0.3 is 15.1 Å². The maximum Gasteiger partial charge on any atom is 0.257 e. The van der Waals surface area contributed by atoms with Gasteiger partial charge in [-0.15, -0.1) is 0 Å². The largest absolute Gasteiger partial charge is 0.377 e. The summed E-state index contributed by atoms with van der Waals surface area (Å²) >= 11 is 6.17. The van der Waals surface area contributed by atoms with Crippen molar-refractivity contribution in [1.82, 2.24) is 4.90 Å².